The molecule has 1 aromatic heterocycles. The molecule has 1 fully saturated rings. The molecule has 0 saturated heterocycles. The van der Waals surface area contributed by atoms with Gasteiger partial charge in [0, 0.05) is 31.9 Å². The number of carbonyl (C=O) groups excluding carboxylic acids is 1. The first-order valence-electron chi connectivity index (χ1n) is 8.10. The van der Waals surface area contributed by atoms with Crippen LogP contribution in [0.5, 0.6) is 0 Å². The van der Waals surface area contributed by atoms with Gasteiger partial charge < -0.3 is 9.88 Å². The highest BCUT2D eigenvalue weighted by molar-refractivity contribution is 5.76. The van der Waals surface area contributed by atoms with Crippen LogP contribution in [0.4, 0.5) is 0 Å². The summed E-state index contributed by atoms with van der Waals surface area (Å²) >= 11 is 0. The second-order valence-electron chi connectivity index (χ2n) is 6.18. The second kappa shape index (κ2) is 7.25. The fourth-order valence-corrected chi connectivity index (χ4v) is 3.10. The average Bonchev–Trinajstić information content (AvgIpc) is 3.20. The normalized spacial score (nSPS) is 15.1. The monoisotopic (exact) mass is 297 g/mol. The highest BCUT2D eigenvalue weighted by atomic mass is 16.1. The summed E-state index contributed by atoms with van der Waals surface area (Å²) in [6.07, 6.45) is 11.3. The van der Waals surface area contributed by atoms with Crippen LogP contribution in [-0.2, 0) is 17.9 Å². The van der Waals surface area contributed by atoms with Gasteiger partial charge in [-0.3, -0.25) is 4.79 Å². The molecule has 0 spiro atoms. The number of hydrogen-bond donors (Lipinski definition) is 1. The number of hydrogen-bond acceptors (Lipinski definition) is 2. The predicted octanol–water partition coefficient (Wildman–Crippen LogP) is 3.13. The third-order valence-electron chi connectivity index (χ3n) is 4.39. The van der Waals surface area contributed by atoms with Crippen LogP contribution in [0.3, 0.4) is 0 Å². The largest absolute Gasteiger partial charge is 0.352 e. The van der Waals surface area contributed by atoms with Gasteiger partial charge in [0.15, 0.2) is 0 Å². The van der Waals surface area contributed by atoms with E-state index in [0.29, 0.717) is 18.9 Å². The maximum absolute atomic E-state index is 11.9. The van der Waals surface area contributed by atoms with E-state index in [-0.39, 0.29) is 5.91 Å². The molecule has 1 aliphatic carbocycles. The minimum absolute atomic E-state index is 0.189. The standard InChI is InChI=1S/C18H23N3O/c22-18(11-15-3-1-2-4-15)20-12-16-5-7-17(8-6-16)13-21-10-9-19-14-21/h5-10,14-15H,1-4,11-13H2,(H,20,22). The Morgan fingerprint density at radius 2 is 1.91 bits per heavy atom. The summed E-state index contributed by atoms with van der Waals surface area (Å²) in [4.78, 5) is 16.0. The zero-order valence-corrected chi connectivity index (χ0v) is 12.9. The zero-order valence-electron chi connectivity index (χ0n) is 12.9. The van der Waals surface area contributed by atoms with Gasteiger partial charge in [0.2, 0.25) is 5.91 Å². The lowest BCUT2D eigenvalue weighted by Gasteiger charge is -2.10. The van der Waals surface area contributed by atoms with E-state index < -0.39 is 0 Å². The first kappa shape index (κ1) is 14.8. The Morgan fingerprint density at radius 3 is 2.59 bits per heavy atom. The molecule has 0 unspecified atom stereocenters. The van der Waals surface area contributed by atoms with E-state index >= 15 is 0 Å². The third-order valence-corrected chi connectivity index (χ3v) is 4.39. The van der Waals surface area contributed by atoms with Crippen LogP contribution in [0.1, 0.15) is 43.2 Å². The van der Waals surface area contributed by atoms with Crippen LogP contribution in [-0.4, -0.2) is 15.5 Å². The van der Waals surface area contributed by atoms with Gasteiger partial charge in [-0.25, -0.2) is 4.98 Å². The van der Waals surface area contributed by atoms with Crippen LogP contribution in [0.15, 0.2) is 43.0 Å². The number of rotatable bonds is 6. The topological polar surface area (TPSA) is 46.9 Å². The summed E-state index contributed by atoms with van der Waals surface area (Å²) < 4.78 is 2.04. The first-order valence-corrected chi connectivity index (χ1v) is 8.10. The van der Waals surface area contributed by atoms with Gasteiger partial charge >= 0.3 is 0 Å². The van der Waals surface area contributed by atoms with Crippen LogP contribution >= 0.6 is 0 Å². The molecule has 0 atom stereocenters. The molecular formula is C18H23N3O. The van der Waals surface area contributed by atoms with Gasteiger partial charge in [-0.1, -0.05) is 37.1 Å². The minimum Gasteiger partial charge on any atom is -0.352 e. The maximum atomic E-state index is 11.9. The molecular weight excluding hydrogens is 274 g/mol. The number of carbonyl (C=O) groups is 1. The predicted molar refractivity (Wildman–Crippen MR) is 86.2 cm³/mol. The Morgan fingerprint density at radius 1 is 1.18 bits per heavy atom. The Labute approximate surface area is 131 Å². The van der Waals surface area contributed by atoms with E-state index in [1.807, 2.05) is 17.1 Å². The smallest absolute Gasteiger partial charge is 0.220 e. The van der Waals surface area contributed by atoms with Gasteiger partial charge in [-0.15, -0.1) is 0 Å². The maximum Gasteiger partial charge on any atom is 0.220 e. The Hall–Kier alpha value is -2.10. The average molecular weight is 297 g/mol. The fourth-order valence-electron chi connectivity index (χ4n) is 3.10. The van der Waals surface area contributed by atoms with Crippen molar-refractivity contribution >= 4 is 5.91 Å². The molecule has 1 heterocycles. The van der Waals surface area contributed by atoms with Gasteiger partial charge in [-0.2, -0.15) is 0 Å². The highest BCUT2D eigenvalue weighted by Gasteiger charge is 2.17. The van der Waals surface area contributed by atoms with E-state index in [9.17, 15) is 4.79 Å². The number of nitrogens with one attached hydrogen (secondary N) is 1. The van der Waals surface area contributed by atoms with Crippen molar-refractivity contribution in [2.75, 3.05) is 0 Å². The number of amides is 1. The Balaban J connectivity index is 1.45. The first-order chi connectivity index (χ1) is 10.8. The molecule has 1 aromatic carbocycles. The van der Waals surface area contributed by atoms with Gasteiger partial charge in [0.1, 0.15) is 0 Å². The summed E-state index contributed by atoms with van der Waals surface area (Å²) in [6.45, 7) is 1.45. The summed E-state index contributed by atoms with van der Waals surface area (Å²) in [7, 11) is 0. The van der Waals surface area contributed by atoms with Gasteiger partial charge in [-0.05, 0) is 29.9 Å². The lowest BCUT2D eigenvalue weighted by atomic mass is 10.0. The van der Waals surface area contributed by atoms with E-state index in [1.165, 1.54) is 31.2 Å². The lowest BCUT2D eigenvalue weighted by molar-refractivity contribution is -0.122. The number of imidazole rings is 1. The molecule has 0 aliphatic heterocycles. The van der Waals surface area contributed by atoms with Gasteiger partial charge in [0.25, 0.3) is 0 Å². The molecule has 22 heavy (non-hydrogen) atoms. The highest BCUT2D eigenvalue weighted by Crippen LogP contribution is 2.27. The summed E-state index contributed by atoms with van der Waals surface area (Å²) in [5.74, 6) is 0.798. The van der Waals surface area contributed by atoms with Crippen molar-refractivity contribution < 1.29 is 4.79 Å². The van der Waals surface area contributed by atoms with Gasteiger partial charge in [0.05, 0.1) is 6.33 Å². The zero-order chi connectivity index (χ0) is 15.2. The molecule has 3 rings (SSSR count). The van der Waals surface area contributed by atoms with E-state index in [2.05, 4.69) is 34.6 Å². The van der Waals surface area contributed by atoms with Crippen LogP contribution in [0.25, 0.3) is 0 Å². The van der Waals surface area contributed by atoms with Crippen LogP contribution in [0.2, 0.25) is 0 Å². The number of aromatic nitrogens is 2. The second-order valence-corrected chi connectivity index (χ2v) is 6.18. The van der Waals surface area contributed by atoms with Crippen molar-refractivity contribution in [1.82, 2.24) is 14.9 Å². The van der Waals surface area contributed by atoms with Crippen LogP contribution in [0, 0.1) is 5.92 Å². The van der Waals surface area contributed by atoms with E-state index in [0.717, 1.165) is 12.1 Å². The summed E-state index contributed by atoms with van der Waals surface area (Å²) in [5.41, 5.74) is 2.38. The quantitative estimate of drug-likeness (QED) is 0.890. The molecule has 1 N–H and O–H groups in total. The molecule has 1 aliphatic rings. The molecule has 4 nitrogen and oxygen atoms in total. The summed E-state index contributed by atoms with van der Waals surface area (Å²) in [5, 5.41) is 3.04. The molecule has 0 bridgehead atoms. The third kappa shape index (κ3) is 4.20. The molecule has 1 amide bonds. The number of benzene rings is 1. The number of nitrogens with zero attached hydrogens (tertiary/aromatic N) is 2. The summed E-state index contributed by atoms with van der Waals surface area (Å²) in [6, 6.07) is 8.39. The lowest BCUT2D eigenvalue weighted by Crippen LogP contribution is -2.24. The van der Waals surface area contributed by atoms with E-state index in [4.69, 9.17) is 0 Å². The van der Waals surface area contributed by atoms with Crippen molar-refractivity contribution in [3.05, 3.63) is 54.1 Å². The van der Waals surface area contributed by atoms with Crippen molar-refractivity contribution in [3.8, 4) is 0 Å². The molecule has 116 valence electrons. The SMILES string of the molecule is O=C(CC1CCCC1)NCc1ccc(Cn2ccnc2)cc1. The van der Waals surface area contributed by atoms with Crippen molar-refractivity contribution in [3.63, 3.8) is 0 Å². The van der Waals surface area contributed by atoms with E-state index in [1.54, 1.807) is 6.20 Å². The van der Waals surface area contributed by atoms with Crippen molar-refractivity contribution in [2.24, 2.45) is 5.92 Å². The van der Waals surface area contributed by atoms with Crippen molar-refractivity contribution in [2.45, 2.75) is 45.2 Å². The molecule has 4 heteroatoms. The molecule has 0 radical (unpaired) electrons. The van der Waals surface area contributed by atoms with Crippen molar-refractivity contribution in [1.29, 1.82) is 0 Å². The fraction of sp³-hybridized carbons (Fsp3) is 0.444. The molecule has 1 saturated carbocycles. The minimum atomic E-state index is 0.189. The Kier molecular flexibility index (Phi) is 4.88. The van der Waals surface area contributed by atoms with Crippen LogP contribution < -0.4 is 5.32 Å². The molecule has 2 aromatic rings. The Bertz CT molecular complexity index is 583.